The van der Waals surface area contributed by atoms with Crippen LogP contribution in [0.5, 0.6) is 0 Å². The molecule has 1 atom stereocenters. The molecular weight excluding hydrogens is 347 g/mol. The molecule has 1 aliphatic heterocycles. The van der Waals surface area contributed by atoms with Gasteiger partial charge in [-0.15, -0.1) is 12.4 Å². The number of hydrogen-bond acceptors (Lipinski definition) is 4. The van der Waals surface area contributed by atoms with Crippen LogP contribution < -0.4 is 10.6 Å². The number of pyridine rings is 1. The lowest BCUT2D eigenvalue weighted by Gasteiger charge is -2.35. The molecule has 2 aromatic rings. The van der Waals surface area contributed by atoms with Crippen LogP contribution in [0.15, 0.2) is 48.8 Å². The minimum atomic E-state index is -0.0388. The predicted molar refractivity (Wildman–Crippen MR) is 98.8 cm³/mol. The molecule has 1 aromatic carbocycles. The Morgan fingerprint density at radius 3 is 3.00 bits per heavy atom. The van der Waals surface area contributed by atoms with Gasteiger partial charge < -0.3 is 10.6 Å². The Balaban J connectivity index is 0.00000208. The highest BCUT2D eigenvalue weighted by molar-refractivity contribution is 6.30. The Labute approximate surface area is 152 Å². The second-order valence-electron chi connectivity index (χ2n) is 5.54. The zero-order valence-corrected chi connectivity index (χ0v) is 14.7. The Morgan fingerprint density at radius 2 is 2.25 bits per heavy atom. The van der Waals surface area contributed by atoms with E-state index >= 15 is 0 Å². The Hall–Kier alpha value is -1.66. The monoisotopic (exact) mass is 366 g/mol. The number of halogens is 2. The van der Waals surface area contributed by atoms with Gasteiger partial charge in [-0.3, -0.25) is 14.7 Å². The summed E-state index contributed by atoms with van der Waals surface area (Å²) in [7, 11) is 0. The zero-order valence-electron chi connectivity index (χ0n) is 13.1. The van der Waals surface area contributed by atoms with Crippen molar-refractivity contribution in [3.63, 3.8) is 0 Å². The number of benzene rings is 1. The van der Waals surface area contributed by atoms with Crippen LogP contribution in [-0.4, -0.2) is 42.0 Å². The van der Waals surface area contributed by atoms with Gasteiger partial charge in [-0.05, 0) is 29.8 Å². The van der Waals surface area contributed by atoms with E-state index in [1.165, 1.54) is 0 Å². The Morgan fingerprint density at radius 1 is 1.38 bits per heavy atom. The predicted octanol–water partition coefficient (Wildman–Crippen LogP) is 2.74. The van der Waals surface area contributed by atoms with E-state index in [2.05, 4.69) is 20.5 Å². The zero-order chi connectivity index (χ0) is 16.1. The molecule has 0 aliphatic carbocycles. The maximum Gasteiger partial charge on any atom is 0.238 e. The number of rotatable bonds is 4. The second kappa shape index (κ2) is 8.99. The first-order valence-electron chi connectivity index (χ1n) is 7.62. The van der Waals surface area contributed by atoms with Gasteiger partial charge in [0.05, 0.1) is 6.54 Å². The van der Waals surface area contributed by atoms with E-state index in [4.69, 9.17) is 11.6 Å². The summed E-state index contributed by atoms with van der Waals surface area (Å²) in [5.74, 6) is -0.0388. The molecule has 24 heavy (non-hydrogen) atoms. The first-order valence-corrected chi connectivity index (χ1v) is 8.00. The van der Waals surface area contributed by atoms with E-state index < -0.39 is 0 Å². The molecule has 2 heterocycles. The summed E-state index contributed by atoms with van der Waals surface area (Å²) in [5.41, 5.74) is 1.84. The van der Waals surface area contributed by atoms with Crippen molar-refractivity contribution in [2.24, 2.45) is 0 Å². The van der Waals surface area contributed by atoms with E-state index in [1.54, 1.807) is 18.3 Å². The van der Waals surface area contributed by atoms with Crippen LogP contribution in [0.25, 0.3) is 0 Å². The number of aromatic nitrogens is 1. The largest absolute Gasteiger partial charge is 0.325 e. The summed E-state index contributed by atoms with van der Waals surface area (Å²) in [6.07, 6.45) is 3.62. The van der Waals surface area contributed by atoms with Crippen LogP contribution in [0.3, 0.4) is 0 Å². The average molecular weight is 367 g/mol. The summed E-state index contributed by atoms with van der Waals surface area (Å²) in [6.45, 7) is 2.85. The molecule has 0 spiro atoms. The number of nitrogens with one attached hydrogen (secondary N) is 2. The topological polar surface area (TPSA) is 57.3 Å². The third-order valence-electron chi connectivity index (χ3n) is 3.88. The van der Waals surface area contributed by atoms with Gasteiger partial charge in [-0.2, -0.15) is 0 Å². The van der Waals surface area contributed by atoms with Crippen molar-refractivity contribution >= 4 is 35.6 Å². The fourth-order valence-electron chi connectivity index (χ4n) is 2.79. The first kappa shape index (κ1) is 18.7. The van der Waals surface area contributed by atoms with Gasteiger partial charge in [0.15, 0.2) is 0 Å². The fraction of sp³-hybridized carbons (Fsp3) is 0.294. The lowest BCUT2D eigenvalue weighted by molar-refractivity contribution is -0.118. The molecule has 1 fully saturated rings. The van der Waals surface area contributed by atoms with Gasteiger partial charge in [0, 0.05) is 48.8 Å². The molecule has 3 rings (SSSR count). The lowest BCUT2D eigenvalue weighted by Crippen LogP contribution is -2.48. The van der Waals surface area contributed by atoms with Gasteiger partial charge in [0.2, 0.25) is 5.91 Å². The average Bonchev–Trinajstić information content (AvgIpc) is 2.56. The standard InChI is InChI=1S/C17H19ClN4O.ClH/c18-14-4-1-5-15(9-14)21-17(23)12-22-8-7-20-11-16(22)13-3-2-6-19-10-13;/h1-6,9-10,16,20H,7-8,11-12H2,(H,21,23);1H. The quantitative estimate of drug-likeness (QED) is 0.873. The molecule has 128 valence electrons. The maximum atomic E-state index is 12.3. The first-order chi connectivity index (χ1) is 11.2. The van der Waals surface area contributed by atoms with Crippen molar-refractivity contribution in [3.8, 4) is 0 Å². The highest BCUT2D eigenvalue weighted by Crippen LogP contribution is 2.21. The summed E-state index contributed by atoms with van der Waals surface area (Å²) in [4.78, 5) is 18.7. The van der Waals surface area contributed by atoms with E-state index in [1.807, 2.05) is 30.5 Å². The van der Waals surface area contributed by atoms with Gasteiger partial charge in [0.25, 0.3) is 0 Å². The van der Waals surface area contributed by atoms with Crippen molar-refractivity contribution < 1.29 is 4.79 Å². The number of piperazine rings is 1. The van der Waals surface area contributed by atoms with Crippen LogP contribution in [0.2, 0.25) is 5.02 Å². The molecule has 0 bridgehead atoms. The lowest BCUT2D eigenvalue weighted by atomic mass is 10.1. The normalized spacial score (nSPS) is 17.8. The van der Waals surface area contributed by atoms with Crippen LogP contribution in [-0.2, 0) is 4.79 Å². The van der Waals surface area contributed by atoms with Gasteiger partial charge >= 0.3 is 0 Å². The number of hydrogen-bond donors (Lipinski definition) is 2. The third kappa shape index (κ3) is 4.92. The van der Waals surface area contributed by atoms with Crippen LogP contribution in [0.4, 0.5) is 5.69 Å². The van der Waals surface area contributed by atoms with Gasteiger partial charge in [-0.25, -0.2) is 0 Å². The number of nitrogens with zero attached hydrogens (tertiary/aromatic N) is 2. The number of amides is 1. The summed E-state index contributed by atoms with van der Waals surface area (Å²) in [6, 6.07) is 11.3. The molecule has 0 radical (unpaired) electrons. The van der Waals surface area contributed by atoms with Crippen LogP contribution in [0.1, 0.15) is 11.6 Å². The van der Waals surface area contributed by atoms with Gasteiger partial charge in [-0.1, -0.05) is 23.7 Å². The maximum absolute atomic E-state index is 12.3. The van der Waals surface area contributed by atoms with Crippen LogP contribution in [0, 0.1) is 0 Å². The molecule has 0 saturated carbocycles. The minimum absolute atomic E-state index is 0. The summed E-state index contributed by atoms with van der Waals surface area (Å²) < 4.78 is 0. The molecule has 5 nitrogen and oxygen atoms in total. The molecule has 2 N–H and O–H groups in total. The second-order valence-corrected chi connectivity index (χ2v) is 5.97. The summed E-state index contributed by atoms with van der Waals surface area (Å²) >= 11 is 5.95. The molecule has 1 amide bonds. The number of carbonyl (C=O) groups excluding carboxylic acids is 1. The molecule has 1 aliphatic rings. The van der Waals surface area contributed by atoms with Crippen molar-refractivity contribution in [2.75, 3.05) is 31.5 Å². The number of anilines is 1. The fourth-order valence-corrected chi connectivity index (χ4v) is 2.98. The summed E-state index contributed by atoms with van der Waals surface area (Å²) in [5, 5.41) is 6.89. The highest BCUT2D eigenvalue weighted by atomic mass is 35.5. The molecule has 7 heteroatoms. The van der Waals surface area contributed by atoms with Crippen molar-refractivity contribution in [1.29, 1.82) is 0 Å². The van der Waals surface area contributed by atoms with Crippen molar-refractivity contribution in [2.45, 2.75) is 6.04 Å². The van der Waals surface area contributed by atoms with Crippen LogP contribution >= 0.6 is 24.0 Å². The van der Waals surface area contributed by atoms with E-state index in [0.717, 1.165) is 30.9 Å². The highest BCUT2D eigenvalue weighted by Gasteiger charge is 2.25. The SMILES string of the molecule is Cl.O=C(CN1CCNCC1c1cccnc1)Nc1cccc(Cl)c1. The van der Waals surface area contributed by atoms with Gasteiger partial charge in [0.1, 0.15) is 0 Å². The smallest absolute Gasteiger partial charge is 0.238 e. The Bertz CT molecular complexity index is 669. The Kier molecular flexibility index (Phi) is 6.99. The molecular formula is C17H20Cl2N4O. The molecule has 1 unspecified atom stereocenters. The van der Waals surface area contributed by atoms with E-state index in [9.17, 15) is 4.79 Å². The number of carbonyl (C=O) groups is 1. The molecule has 1 aromatic heterocycles. The third-order valence-corrected chi connectivity index (χ3v) is 4.11. The molecule has 1 saturated heterocycles. The van der Waals surface area contributed by atoms with Crippen molar-refractivity contribution in [3.05, 3.63) is 59.4 Å². The van der Waals surface area contributed by atoms with E-state index in [-0.39, 0.29) is 24.4 Å². The van der Waals surface area contributed by atoms with E-state index in [0.29, 0.717) is 11.6 Å². The minimum Gasteiger partial charge on any atom is -0.325 e. The van der Waals surface area contributed by atoms with Crippen molar-refractivity contribution in [1.82, 2.24) is 15.2 Å².